The van der Waals surface area contributed by atoms with Crippen molar-refractivity contribution in [2.45, 2.75) is 12.5 Å². The predicted molar refractivity (Wildman–Crippen MR) is 186 cm³/mol. The number of carbonyl (C=O) groups is 1. The molecule has 0 fully saturated rings. The van der Waals surface area contributed by atoms with Crippen molar-refractivity contribution in [3.8, 4) is 17.0 Å². The van der Waals surface area contributed by atoms with E-state index in [1.165, 1.54) is 17.1 Å². The van der Waals surface area contributed by atoms with Crippen LogP contribution in [0.4, 0.5) is 17.3 Å². The first-order valence-corrected chi connectivity index (χ1v) is 15.4. The van der Waals surface area contributed by atoms with E-state index in [0.717, 1.165) is 27.7 Å². The molecule has 0 spiro atoms. The highest BCUT2D eigenvalue weighted by Crippen LogP contribution is 2.36. The Hall–Kier alpha value is -6.13. The van der Waals surface area contributed by atoms with E-state index in [9.17, 15) is 14.9 Å². The maximum absolute atomic E-state index is 14.0. The van der Waals surface area contributed by atoms with Gasteiger partial charge < -0.3 is 10.1 Å². The number of nitrogens with zero attached hydrogens (tertiary/aromatic N) is 5. The van der Waals surface area contributed by atoms with Crippen LogP contribution in [0.3, 0.4) is 0 Å². The molecule has 236 valence electrons. The van der Waals surface area contributed by atoms with Crippen LogP contribution >= 0.6 is 11.6 Å². The summed E-state index contributed by atoms with van der Waals surface area (Å²) in [4.78, 5) is 34.6. The molecule has 2 heterocycles. The van der Waals surface area contributed by atoms with Gasteiger partial charge in [-0.3, -0.25) is 14.9 Å². The third kappa shape index (κ3) is 6.16. The molecule has 0 bridgehead atoms. The van der Waals surface area contributed by atoms with Crippen LogP contribution in [-0.2, 0) is 0 Å². The zero-order valence-corrected chi connectivity index (χ0v) is 26.3. The maximum Gasteiger partial charge on any atom is 0.274 e. The third-order valence-corrected chi connectivity index (χ3v) is 8.34. The number of nitro groups is 1. The summed E-state index contributed by atoms with van der Waals surface area (Å²) in [7, 11) is 1.59. The minimum atomic E-state index is -0.539. The number of non-ortho nitro benzene ring substituents is 1. The van der Waals surface area contributed by atoms with Crippen LogP contribution in [0.25, 0.3) is 22.2 Å². The van der Waals surface area contributed by atoms with E-state index in [4.69, 9.17) is 31.4 Å². The van der Waals surface area contributed by atoms with Crippen molar-refractivity contribution >= 4 is 51.4 Å². The highest BCUT2D eigenvalue weighted by atomic mass is 35.5. The Bertz CT molecular complexity index is 2190. The van der Waals surface area contributed by atoms with Crippen molar-refractivity contribution in [1.82, 2.24) is 15.0 Å². The molecule has 1 aliphatic rings. The summed E-state index contributed by atoms with van der Waals surface area (Å²) < 4.78 is 5.29. The number of benzene rings is 5. The van der Waals surface area contributed by atoms with E-state index in [1.807, 2.05) is 66.7 Å². The summed E-state index contributed by atoms with van der Waals surface area (Å²) in [5, 5.41) is 22.4. The zero-order chi connectivity index (χ0) is 33.2. The Kier molecular flexibility index (Phi) is 8.22. The number of hydrogen-bond donors (Lipinski definition) is 1. The first kappa shape index (κ1) is 30.5. The standard InChI is InChI=1S/C37H27ClN6O4/c1-48-30-17-12-23(13-18-30)33-22-34(26-8-5-9-29(20-26)44(46)47)43(42-33)36(45)25-10-15-28(16-11-25)39-37-40-32-19-14-27(38)21-31(32)35(41-37)24-6-3-2-4-7-24/h2-21,34H,22H2,1H3,(H,39,40,41). The van der Waals surface area contributed by atoms with Crippen LogP contribution < -0.4 is 10.1 Å². The first-order valence-electron chi connectivity index (χ1n) is 15.1. The molecule has 1 amide bonds. The second-order valence-electron chi connectivity index (χ2n) is 11.1. The third-order valence-electron chi connectivity index (χ3n) is 8.10. The highest BCUT2D eigenvalue weighted by Gasteiger charge is 2.34. The zero-order valence-electron chi connectivity index (χ0n) is 25.6. The van der Waals surface area contributed by atoms with Crippen LogP contribution in [0.5, 0.6) is 5.75 Å². The molecule has 1 aliphatic heterocycles. The molecule has 0 radical (unpaired) electrons. The molecule has 0 saturated heterocycles. The fraction of sp³-hybridized carbons (Fsp3) is 0.0811. The van der Waals surface area contributed by atoms with Gasteiger partial charge in [-0.25, -0.2) is 15.0 Å². The second kappa shape index (κ2) is 12.9. The number of hydrazone groups is 1. The van der Waals surface area contributed by atoms with E-state index in [0.29, 0.717) is 45.7 Å². The maximum atomic E-state index is 14.0. The van der Waals surface area contributed by atoms with Crippen LogP contribution in [0.15, 0.2) is 126 Å². The Morgan fingerprint density at radius 3 is 2.40 bits per heavy atom. The highest BCUT2D eigenvalue weighted by molar-refractivity contribution is 6.31. The largest absolute Gasteiger partial charge is 0.497 e. The van der Waals surface area contributed by atoms with Gasteiger partial charge in [-0.15, -0.1) is 0 Å². The number of nitrogens with one attached hydrogen (secondary N) is 1. The van der Waals surface area contributed by atoms with E-state index < -0.39 is 11.0 Å². The van der Waals surface area contributed by atoms with Gasteiger partial charge in [-0.1, -0.05) is 54.1 Å². The average molecular weight is 655 g/mol. The van der Waals surface area contributed by atoms with Crippen molar-refractivity contribution in [1.29, 1.82) is 0 Å². The lowest BCUT2D eigenvalue weighted by Crippen LogP contribution is -2.27. The normalized spacial score (nSPS) is 14.1. The molecule has 1 unspecified atom stereocenters. The second-order valence-corrected chi connectivity index (χ2v) is 11.6. The number of ether oxygens (including phenoxy) is 1. The van der Waals surface area contributed by atoms with E-state index in [1.54, 1.807) is 49.6 Å². The molecule has 1 atom stereocenters. The monoisotopic (exact) mass is 654 g/mol. The molecule has 1 aromatic heterocycles. The first-order chi connectivity index (χ1) is 23.4. The number of methoxy groups -OCH3 is 1. The van der Waals surface area contributed by atoms with Crippen LogP contribution in [0.1, 0.15) is 33.9 Å². The van der Waals surface area contributed by atoms with Crippen LogP contribution in [0.2, 0.25) is 5.02 Å². The molecule has 10 nitrogen and oxygen atoms in total. The Morgan fingerprint density at radius 2 is 1.67 bits per heavy atom. The van der Waals surface area contributed by atoms with Gasteiger partial charge >= 0.3 is 0 Å². The van der Waals surface area contributed by atoms with E-state index >= 15 is 0 Å². The summed E-state index contributed by atoms with van der Waals surface area (Å²) in [6, 6.07) is 35.4. The molecule has 1 N–H and O–H groups in total. The van der Waals surface area contributed by atoms with Gasteiger partial charge in [-0.2, -0.15) is 5.10 Å². The number of nitro benzene ring substituents is 1. The van der Waals surface area contributed by atoms with Gasteiger partial charge in [0.2, 0.25) is 5.95 Å². The number of amides is 1. The van der Waals surface area contributed by atoms with Crippen molar-refractivity contribution in [3.63, 3.8) is 0 Å². The Labute approximate surface area is 280 Å². The molecular weight excluding hydrogens is 628 g/mol. The van der Waals surface area contributed by atoms with E-state index in [2.05, 4.69) is 5.32 Å². The lowest BCUT2D eigenvalue weighted by Gasteiger charge is -2.22. The van der Waals surface area contributed by atoms with E-state index in [-0.39, 0.29) is 11.6 Å². The van der Waals surface area contributed by atoms with Gasteiger partial charge in [0.25, 0.3) is 11.6 Å². The van der Waals surface area contributed by atoms with Gasteiger partial charge in [0.05, 0.1) is 35.0 Å². The van der Waals surface area contributed by atoms with Gasteiger partial charge in [-0.05, 0) is 77.9 Å². The molecular formula is C37H27ClN6O4. The SMILES string of the molecule is COc1ccc(C2=NN(C(=O)c3ccc(Nc4nc(-c5ccccc5)c5cc(Cl)ccc5n4)cc3)C(c3cccc([N+](=O)[O-])c3)C2)cc1. The van der Waals surface area contributed by atoms with Gasteiger partial charge in [0.15, 0.2) is 0 Å². The summed E-state index contributed by atoms with van der Waals surface area (Å²) in [6.45, 7) is 0. The number of carbonyl (C=O) groups excluding carboxylic acids is 1. The number of rotatable bonds is 8. The number of aromatic nitrogens is 2. The lowest BCUT2D eigenvalue weighted by molar-refractivity contribution is -0.384. The van der Waals surface area contributed by atoms with Crippen LogP contribution in [-0.4, -0.2) is 38.6 Å². The smallest absolute Gasteiger partial charge is 0.274 e. The molecule has 0 aliphatic carbocycles. The molecule has 48 heavy (non-hydrogen) atoms. The van der Waals surface area contributed by atoms with Crippen molar-refractivity contribution in [2.75, 3.05) is 12.4 Å². The predicted octanol–water partition coefficient (Wildman–Crippen LogP) is 8.60. The summed E-state index contributed by atoms with van der Waals surface area (Å²) in [5.41, 5.74) is 5.55. The summed E-state index contributed by atoms with van der Waals surface area (Å²) in [5.74, 6) is 0.748. The molecule has 7 rings (SSSR count). The minimum absolute atomic E-state index is 0.0531. The topological polar surface area (TPSA) is 123 Å². The fourth-order valence-corrected chi connectivity index (χ4v) is 5.86. The summed E-state index contributed by atoms with van der Waals surface area (Å²) in [6.07, 6.45) is 0.382. The van der Waals surface area contributed by atoms with Crippen molar-refractivity contribution in [2.24, 2.45) is 5.10 Å². The fourth-order valence-electron chi connectivity index (χ4n) is 5.69. The van der Waals surface area contributed by atoms with Gasteiger partial charge in [0.1, 0.15) is 5.75 Å². The summed E-state index contributed by atoms with van der Waals surface area (Å²) >= 11 is 6.31. The number of hydrogen-bond acceptors (Lipinski definition) is 8. The van der Waals surface area contributed by atoms with Crippen LogP contribution in [0, 0.1) is 10.1 Å². The lowest BCUT2D eigenvalue weighted by atomic mass is 9.97. The minimum Gasteiger partial charge on any atom is -0.497 e. The van der Waals surface area contributed by atoms with Crippen molar-refractivity contribution < 1.29 is 14.5 Å². The Morgan fingerprint density at radius 1 is 0.896 bits per heavy atom. The number of anilines is 2. The molecule has 6 aromatic rings. The number of fused-ring (bicyclic) bond motifs is 1. The van der Waals surface area contributed by atoms with Crippen molar-refractivity contribution in [3.05, 3.63) is 153 Å². The molecule has 0 saturated carbocycles. The number of halogens is 1. The van der Waals surface area contributed by atoms with Gasteiger partial charge in [0, 0.05) is 45.8 Å². The molecule has 11 heteroatoms. The molecule has 5 aromatic carbocycles. The quantitative estimate of drug-likeness (QED) is 0.129. The Balaban J connectivity index is 1.18. The average Bonchev–Trinajstić information content (AvgIpc) is 3.58.